The van der Waals surface area contributed by atoms with Crippen molar-refractivity contribution >= 4 is 11.7 Å². The number of methoxy groups -OCH3 is 1. The number of carbonyl (C=O) groups excluding carboxylic acids is 1. The molecule has 0 bridgehead atoms. The van der Waals surface area contributed by atoms with Crippen LogP contribution >= 0.6 is 0 Å². The largest absolute Gasteiger partial charge is 0.489 e. The van der Waals surface area contributed by atoms with Crippen LogP contribution in [0.25, 0.3) is 0 Å². The van der Waals surface area contributed by atoms with E-state index in [1.165, 1.54) is 0 Å². The third kappa shape index (κ3) is 6.04. The highest BCUT2D eigenvalue weighted by Crippen LogP contribution is 2.25. The molecule has 0 aromatic heterocycles. The Balaban J connectivity index is 2.70. The van der Waals surface area contributed by atoms with Gasteiger partial charge in [-0.1, -0.05) is 19.9 Å². The van der Waals surface area contributed by atoms with Crippen LogP contribution in [0.1, 0.15) is 26.3 Å². The maximum Gasteiger partial charge on any atom is 0.319 e. The molecule has 1 atom stereocenters. The van der Waals surface area contributed by atoms with Crippen molar-refractivity contribution in [2.45, 2.75) is 33.7 Å². The number of hydrogen-bond acceptors (Lipinski definition) is 3. The lowest BCUT2D eigenvalue weighted by atomic mass is 10.1. The van der Waals surface area contributed by atoms with E-state index >= 15 is 0 Å². The number of ether oxygens (including phenoxy) is 2. The smallest absolute Gasteiger partial charge is 0.319 e. The van der Waals surface area contributed by atoms with Crippen LogP contribution in [0.4, 0.5) is 10.5 Å². The lowest BCUT2D eigenvalue weighted by molar-refractivity contribution is 0.146. The van der Waals surface area contributed by atoms with Gasteiger partial charge in [-0.05, 0) is 37.5 Å². The van der Waals surface area contributed by atoms with Crippen LogP contribution in [-0.2, 0) is 4.74 Å². The fraction of sp³-hybridized carbons (Fsp3) is 0.562. The maximum atomic E-state index is 12.0. The lowest BCUT2D eigenvalue weighted by Crippen LogP contribution is -2.39. The minimum atomic E-state index is -0.225. The zero-order valence-electron chi connectivity index (χ0n) is 13.5. The zero-order valence-corrected chi connectivity index (χ0v) is 13.5. The molecule has 118 valence electrons. The van der Waals surface area contributed by atoms with E-state index in [4.69, 9.17) is 9.47 Å². The molecule has 1 unspecified atom stereocenters. The maximum absolute atomic E-state index is 12.0. The molecule has 1 aromatic carbocycles. The zero-order chi connectivity index (χ0) is 15.8. The van der Waals surface area contributed by atoms with Crippen LogP contribution < -0.4 is 15.4 Å². The molecule has 0 aliphatic carbocycles. The first-order valence-electron chi connectivity index (χ1n) is 7.24. The van der Waals surface area contributed by atoms with Crippen molar-refractivity contribution in [3.05, 3.63) is 23.8 Å². The molecule has 0 fully saturated rings. The molecule has 1 aromatic rings. The first kappa shape index (κ1) is 17.3. The molecule has 5 nitrogen and oxygen atoms in total. The average Bonchev–Trinajstić information content (AvgIpc) is 2.41. The highest BCUT2D eigenvalue weighted by molar-refractivity contribution is 5.91. The van der Waals surface area contributed by atoms with Gasteiger partial charge in [0.15, 0.2) is 0 Å². The molecule has 0 heterocycles. The number of rotatable bonds is 7. The molecule has 5 heteroatoms. The summed E-state index contributed by atoms with van der Waals surface area (Å²) >= 11 is 0. The monoisotopic (exact) mass is 294 g/mol. The highest BCUT2D eigenvalue weighted by atomic mass is 16.5. The van der Waals surface area contributed by atoms with Gasteiger partial charge in [0, 0.05) is 13.2 Å². The third-order valence-electron chi connectivity index (χ3n) is 3.29. The van der Waals surface area contributed by atoms with E-state index in [9.17, 15) is 4.79 Å². The summed E-state index contributed by atoms with van der Waals surface area (Å²) in [6.07, 6.45) is 0. The van der Waals surface area contributed by atoms with Crippen molar-refractivity contribution in [3.63, 3.8) is 0 Å². The van der Waals surface area contributed by atoms with Crippen molar-refractivity contribution in [1.82, 2.24) is 5.32 Å². The van der Waals surface area contributed by atoms with Crippen LogP contribution in [0.3, 0.4) is 0 Å². The van der Waals surface area contributed by atoms with Gasteiger partial charge >= 0.3 is 6.03 Å². The van der Waals surface area contributed by atoms with Gasteiger partial charge < -0.3 is 20.1 Å². The summed E-state index contributed by atoms with van der Waals surface area (Å²) in [5, 5.41) is 5.74. The Kier molecular flexibility index (Phi) is 7.02. The number of nitrogens with one attached hydrogen (secondary N) is 2. The van der Waals surface area contributed by atoms with Gasteiger partial charge in [-0.3, -0.25) is 0 Å². The van der Waals surface area contributed by atoms with Gasteiger partial charge in [0.05, 0.1) is 12.3 Å². The van der Waals surface area contributed by atoms with Crippen molar-refractivity contribution in [2.75, 3.05) is 25.6 Å². The Morgan fingerprint density at radius 1 is 1.24 bits per heavy atom. The SMILES string of the molecule is COCCOc1cc(C)ccc1NC(=O)NC(C)C(C)C. The molecule has 0 saturated heterocycles. The molecule has 2 N–H and O–H groups in total. The third-order valence-corrected chi connectivity index (χ3v) is 3.29. The summed E-state index contributed by atoms with van der Waals surface area (Å²) in [5.74, 6) is 1.03. The Bertz CT molecular complexity index is 461. The average molecular weight is 294 g/mol. The molecular formula is C16H26N2O3. The summed E-state index contributed by atoms with van der Waals surface area (Å²) in [5.41, 5.74) is 1.73. The van der Waals surface area contributed by atoms with E-state index in [0.717, 1.165) is 5.56 Å². The highest BCUT2D eigenvalue weighted by Gasteiger charge is 2.12. The van der Waals surface area contributed by atoms with Crippen molar-refractivity contribution in [3.8, 4) is 5.75 Å². The summed E-state index contributed by atoms with van der Waals surface area (Å²) in [4.78, 5) is 12.0. The van der Waals surface area contributed by atoms with E-state index in [2.05, 4.69) is 24.5 Å². The fourth-order valence-corrected chi connectivity index (χ4v) is 1.62. The van der Waals surface area contributed by atoms with Crippen LogP contribution in [0.15, 0.2) is 18.2 Å². The summed E-state index contributed by atoms with van der Waals surface area (Å²) in [7, 11) is 1.62. The molecule has 21 heavy (non-hydrogen) atoms. The topological polar surface area (TPSA) is 59.6 Å². The number of aryl methyl sites for hydroxylation is 1. The predicted molar refractivity (Wildman–Crippen MR) is 85.0 cm³/mol. The molecule has 0 aliphatic heterocycles. The summed E-state index contributed by atoms with van der Waals surface area (Å²) in [6.45, 7) is 9.04. The second kappa shape index (κ2) is 8.52. The van der Waals surface area contributed by atoms with E-state index in [1.807, 2.05) is 32.0 Å². The van der Waals surface area contributed by atoms with Gasteiger partial charge in [0.2, 0.25) is 0 Å². The van der Waals surface area contributed by atoms with E-state index in [0.29, 0.717) is 30.6 Å². The Morgan fingerprint density at radius 3 is 2.57 bits per heavy atom. The molecule has 0 aliphatic rings. The fourth-order valence-electron chi connectivity index (χ4n) is 1.62. The van der Waals surface area contributed by atoms with Crippen molar-refractivity contribution in [1.29, 1.82) is 0 Å². The van der Waals surface area contributed by atoms with Crippen LogP contribution in [0.5, 0.6) is 5.75 Å². The number of hydrogen-bond donors (Lipinski definition) is 2. The standard InChI is InChI=1S/C16H26N2O3/c1-11(2)13(4)17-16(19)18-14-7-6-12(3)10-15(14)21-9-8-20-5/h6-7,10-11,13H,8-9H2,1-5H3,(H2,17,18,19). The van der Waals surface area contributed by atoms with Crippen LogP contribution in [0, 0.1) is 12.8 Å². The first-order chi connectivity index (χ1) is 9.93. The van der Waals surface area contributed by atoms with E-state index < -0.39 is 0 Å². The number of benzene rings is 1. The lowest BCUT2D eigenvalue weighted by Gasteiger charge is -2.19. The minimum Gasteiger partial charge on any atom is -0.489 e. The van der Waals surface area contributed by atoms with Gasteiger partial charge in [0.1, 0.15) is 12.4 Å². The van der Waals surface area contributed by atoms with Gasteiger partial charge in [-0.15, -0.1) is 0 Å². The second-order valence-corrected chi connectivity index (χ2v) is 5.47. The number of amides is 2. The summed E-state index contributed by atoms with van der Waals surface area (Å²) < 4.78 is 10.6. The van der Waals surface area contributed by atoms with Crippen LogP contribution in [-0.4, -0.2) is 32.4 Å². The Labute approximate surface area is 127 Å². The van der Waals surface area contributed by atoms with Crippen LogP contribution in [0.2, 0.25) is 0 Å². The molecule has 1 rings (SSSR count). The normalized spacial score (nSPS) is 12.1. The second-order valence-electron chi connectivity index (χ2n) is 5.47. The predicted octanol–water partition coefficient (Wildman–Crippen LogP) is 3.19. The van der Waals surface area contributed by atoms with Crippen molar-refractivity contribution < 1.29 is 14.3 Å². The molecular weight excluding hydrogens is 268 g/mol. The van der Waals surface area contributed by atoms with Gasteiger partial charge in [-0.25, -0.2) is 4.79 Å². The molecule has 2 amide bonds. The van der Waals surface area contributed by atoms with Gasteiger partial charge in [-0.2, -0.15) is 0 Å². The molecule has 0 saturated carbocycles. The molecule has 0 radical (unpaired) electrons. The van der Waals surface area contributed by atoms with E-state index in [1.54, 1.807) is 7.11 Å². The molecule has 0 spiro atoms. The number of anilines is 1. The van der Waals surface area contributed by atoms with E-state index in [-0.39, 0.29) is 12.1 Å². The first-order valence-corrected chi connectivity index (χ1v) is 7.24. The Hall–Kier alpha value is -1.75. The summed E-state index contributed by atoms with van der Waals surface area (Å²) in [6, 6.07) is 5.56. The minimum absolute atomic E-state index is 0.105. The number of urea groups is 1. The number of carbonyl (C=O) groups is 1. The quantitative estimate of drug-likeness (QED) is 0.759. The Morgan fingerprint density at radius 2 is 1.95 bits per heavy atom. The van der Waals surface area contributed by atoms with Gasteiger partial charge in [0.25, 0.3) is 0 Å². The van der Waals surface area contributed by atoms with Crippen molar-refractivity contribution in [2.24, 2.45) is 5.92 Å².